The monoisotopic (exact) mass is 340 g/mol. The number of nitrogens with zero attached hydrogens (tertiary/aromatic N) is 1. The summed E-state index contributed by atoms with van der Waals surface area (Å²) in [6.45, 7) is 0. The quantitative estimate of drug-likeness (QED) is 0.911. The molecule has 6 heteroatoms. The topological polar surface area (TPSA) is 67.9 Å². The van der Waals surface area contributed by atoms with Crippen LogP contribution >= 0.6 is 0 Å². The molecule has 1 aliphatic carbocycles. The first-order chi connectivity index (χ1) is 12.0. The fourth-order valence-corrected chi connectivity index (χ4v) is 3.88. The van der Waals surface area contributed by atoms with E-state index in [-0.39, 0.29) is 17.9 Å². The highest BCUT2D eigenvalue weighted by Gasteiger charge is 2.62. The van der Waals surface area contributed by atoms with Crippen molar-refractivity contribution in [3.63, 3.8) is 0 Å². The molecule has 1 aromatic rings. The second-order valence-electron chi connectivity index (χ2n) is 6.76. The van der Waals surface area contributed by atoms with Gasteiger partial charge in [0.15, 0.2) is 11.5 Å². The van der Waals surface area contributed by atoms with Gasteiger partial charge in [-0.1, -0.05) is 12.1 Å². The molecule has 2 unspecified atom stereocenters. The van der Waals surface area contributed by atoms with Gasteiger partial charge in [0.25, 0.3) is 0 Å². The molecule has 1 spiro atoms. The van der Waals surface area contributed by atoms with Crippen molar-refractivity contribution in [3.05, 3.63) is 54.1 Å². The minimum atomic E-state index is -0.791. The van der Waals surface area contributed by atoms with E-state index in [1.54, 1.807) is 31.2 Å². The third kappa shape index (κ3) is 2.44. The average molecular weight is 340 g/mol. The van der Waals surface area contributed by atoms with Crippen LogP contribution in [0.3, 0.4) is 0 Å². The number of likely N-dealkylation sites (N-methyl/N-ethyl adjacent to an activating group) is 1. The Labute approximate surface area is 146 Å². The third-order valence-corrected chi connectivity index (χ3v) is 5.28. The Balaban J connectivity index is 1.67. The number of ketones is 1. The predicted molar refractivity (Wildman–Crippen MR) is 91.2 cm³/mol. The molecular formula is C19H20N2O4. The number of nitrogens with one attached hydrogen (secondary N) is 1. The van der Waals surface area contributed by atoms with Crippen molar-refractivity contribution in [3.8, 4) is 5.75 Å². The van der Waals surface area contributed by atoms with Crippen LogP contribution in [0.1, 0.15) is 12.0 Å². The molecule has 6 nitrogen and oxygen atoms in total. The Morgan fingerprint density at radius 2 is 1.92 bits per heavy atom. The Morgan fingerprint density at radius 3 is 2.56 bits per heavy atom. The summed E-state index contributed by atoms with van der Waals surface area (Å²) < 4.78 is 11.7. The second-order valence-corrected chi connectivity index (χ2v) is 6.76. The van der Waals surface area contributed by atoms with Gasteiger partial charge in [-0.25, -0.2) is 4.79 Å². The van der Waals surface area contributed by atoms with E-state index in [1.165, 1.54) is 12.2 Å². The normalized spacial score (nSPS) is 29.2. The number of carbonyl (C=O) groups excluding carboxylic acids is 2. The van der Waals surface area contributed by atoms with Gasteiger partial charge in [-0.05, 0) is 42.0 Å². The first-order valence-corrected chi connectivity index (χ1v) is 8.26. The zero-order valence-corrected chi connectivity index (χ0v) is 14.2. The first-order valence-electron chi connectivity index (χ1n) is 8.26. The lowest BCUT2D eigenvalue weighted by molar-refractivity contribution is -0.124. The van der Waals surface area contributed by atoms with Crippen molar-refractivity contribution in [2.45, 2.75) is 30.2 Å². The molecule has 0 aromatic heterocycles. The number of rotatable bonds is 3. The number of benzene rings is 1. The lowest BCUT2D eigenvalue weighted by Gasteiger charge is -2.36. The summed E-state index contributed by atoms with van der Waals surface area (Å²) in [7, 11) is 3.38. The lowest BCUT2D eigenvalue weighted by atomic mass is 9.89. The fourth-order valence-electron chi connectivity index (χ4n) is 3.88. The number of carbonyl (C=O) groups is 2. The number of hydrogen-bond donors (Lipinski definition) is 1. The van der Waals surface area contributed by atoms with Crippen LogP contribution in [0.2, 0.25) is 0 Å². The van der Waals surface area contributed by atoms with Crippen molar-refractivity contribution in [1.82, 2.24) is 10.2 Å². The number of methoxy groups -OCH3 is 1. The van der Waals surface area contributed by atoms with Gasteiger partial charge in [0.05, 0.1) is 13.2 Å². The highest BCUT2D eigenvalue weighted by Crippen LogP contribution is 2.47. The van der Waals surface area contributed by atoms with Gasteiger partial charge < -0.3 is 14.8 Å². The average Bonchev–Trinajstić information content (AvgIpc) is 3.02. The smallest absolute Gasteiger partial charge is 0.319 e. The van der Waals surface area contributed by atoms with E-state index in [4.69, 9.17) is 9.47 Å². The van der Waals surface area contributed by atoms with Crippen LogP contribution in [-0.4, -0.2) is 48.2 Å². The van der Waals surface area contributed by atoms with Crippen molar-refractivity contribution in [1.29, 1.82) is 0 Å². The van der Waals surface area contributed by atoms with Crippen molar-refractivity contribution in [2.24, 2.45) is 0 Å². The van der Waals surface area contributed by atoms with Crippen LogP contribution in [0.4, 0.5) is 4.79 Å². The SMILES string of the molecule is COc1ccc(CC23OC4(C=CC(=O)C=C4)CC2NC(=O)N3C)cc1. The minimum absolute atomic E-state index is 0.0483. The third-order valence-electron chi connectivity index (χ3n) is 5.28. The van der Waals surface area contributed by atoms with Crippen LogP contribution in [0, 0.1) is 0 Å². The van der Waals surface area contributed by atoms with Crippen LogP contribution in [0.25, 0.3) is 0 Å². The van der Waals surface area contributed by atoms with Crippen LogP contribution < -0.4 is 10.1 Å². The van der Waals surface area contributed by atoms with Gasteiger partial charge in [0.1, 0.15) is 11.4 Å². The highest BCUT2D eigenvalue weighted by atomic mass is 16.6. The van der Waals surface area contributed by atoms with E-state index >= 15 is 0 Å². The number of amides is 2. The molecule has 3 aliphatic rings. The number of urea groups is 1. The van der Waals surface area contributed by atoms with E-state index in [0.29, 0.717) is 12.8 Å². The largest absolute Gasteiger partial charge is 0.497 e. The molecular weight excluding hydrogens is 320 g/mol. The second kappa shape index (κ2) is 5.46. The number of hydrogen-bond acceptors (Lipinski definition) is 4. The number of allylic oxidation sites excluding steroid dienone is 2. The molecule has 2 saturated heterocycles. The molecule has 2 aliphatic heterocycles. The molecule has 0 saturated carbocycles. The fraction of sp³-hybridized carbons (Fsp3) is 0.368. The molecule has 0 bridgehead atoms. The maximum atomic E-state index is 12.2. The summed E-state index contributed by atoms with van der Waals surface area (Å²) >= 11 is 0. The van der Waals surface area contributed by atoms with E-state index in [1.807, 2.05) is 24.3 Å². The van der Waals surface area contributed by atoms with Gasteiger partial charge in [-0.2, -0.15) is 0 Å². The summed E-state index contributed by atoms with van der Waals surface area (Å²) in [5.74, 6) is 0.736. The van der Waals surface area contributed by atoms with Gasteiger partial charge in [0.2, 0.25) is 0 Å². The lowest BCUT2D eigenvalue weighted by Crippen LogP contribution is -2.51. The van der Waals surface area contributed by atoms with Crippen LogP contribution in [0.5, 0.6) is 5.75 Å². The number of fused-ring (bicyclic) bond motifs is 1. The van der Waals surface area contributed by atoms with Crippen molar-refractivity contribution < 1.29 is 19.1 Å². The Hall–Kier alpha value is -2.60. The molecule has 1 N–H and O–H groups in total. The van der Waals surface area contributed by atoms with Crippen LogP contribution in [-0.2, 0) is 16.0 Å². The predicted octanol–water partition coefficient (Wildman–Crippen LogP) is 1.81. The van der Waals surface area contributed by atoms with Gasteiger partial charge in [-0.15, -0.1) is 0 Å². The van der Waals surface area contributed by atoms with Gasteiger partial charge in [0, 0.05) is 19.9 Å². The van der Waals surface area contributed by atoms with Gasteiger partial charge in [-0.3, -0.25) is 9.69 Å². The summed E-state index contributed by atoms with van der Waals surface area (Å²) in [6, 6.07) is 7.45. The Kier molecular flexibility index (Phi) is 3.47. The molecule has 4 rings (SSSR count). The molecule has 2 heterocycles. The standard InChI is InChI=1S/C19H20N2O4/c1-21-17(23)20-16-12-18(9-7-14(22)8-10-18)25-19(16,21)11-13-3-5-15(24-2)6-4-13/h3-10,16H,11-12H2,1-2H3,(H,20,23). The van der Waals surface area contributed by atoms with E-state index in [2.05, 4.69) is 5.32 Å². The molecule has 1 aromatic carbocycles. The van der Waals surface area contributed by atoms with Crippen molar-refractivity contribution in [2.75, 3.05) is 14.2 Å². The Bertz CT molecular complexity index is 767. The molecule has 2 amide bonds. The van der Waals surface area contributed by atoms with Crippen LogP contribution in [0.15, 0.2) is 48.6 Å². The van der Waals surface area contributed by atoms with E-state index < -0.39 is 11.3 Å². The van der Waals surface area contributed by atoms with Crippen molar-refractivity contribution >= 4 is 11.8 Å². The number of ether oxygens (including phenoxy) is 2. The maximum Gasteiger partial charge on any atom is 0.319 e. The van der Waals surface area contributed by atoms with Gasteiger partial charge >= 0.3 is 6.03 Å². The zero-order chi connectivity index (χ0) is 17.7. The zero-order valence-electron chi connectivity index (χ0n) is 14.2. The summed E-state index contributed by atoms with van der Waals surface area (Å²) in [5.41, 5.74) is -0.403. The minimum Gasteiger partial charge on any atom is -0.497 e. The maximum absolute atomic E-state index is 12.2. The molecule has 2 atom stereocenters. The molecule has 130 valence electrons. The molecule has 2 fully saturated rings. The molecule has 25 heavy (non-hydrogen) atoms. The van der Waals surface area contributed by atoms with E-state index in [0.717, 1.165) is 11.3 Å². The summed E-state index contributed by atoms with van der Waals surface area (Å²) in [6.07, 6.45) is 7.80. The van der Waals surface area contributed by atoms with E-state index in [9.17, 15) is 9.59 Å². The Morgan fingerprint density at radius 1 is 1.24 bits per heavy atom. The summed E-state index contributed by atoms with van der Waals surface area (Å²) in [4.78, 5) is 25.3. The highest BCUT2D eigenvalue weighted by molar-refractivity contribution is 6.00. The summed E-state index contributed by atoms with van der Waals surface area (Å²) in [5, 5.41) is 3.02. The first kappa shape index (κ1) is 15.9. The molecule has 0 radical (unpaired) electrons.